The number of aliphatic carboxylic acids is 1. The minimum absolute atomic E-state index is 0.0673. The second-order valence-corrected chi connectivity index (χ2v) is 7.51. The highest BCUT2D eigenvalue weighted by Gasteiger charge is 2.38. The lowest BCUT2D eigenvalue weighted by atomic mass is 9.76. The second-order valence-electron chi connectivity index (χ2n) is 7.51. The molecule has 2 aromatic carbocycles. The molecule has 144 valence electrons. The van der Waals surface area contributed by atoms with Gasteiger partial charge in [-0.1, -0.05) is 36.4 Å². The zero-order valence-electron chi connectivity index (χ0n) is 15.8. The van der Waals surface area contributed by atoms with Gasteiger partial charge in [0.05, 0.1) is 6.04 Å². The van der Waals surface area contributed by atoms with Gasteiger partial charge in [0.15, 0.2) is 0 Å². The van der Waals surface area contributed by atoms with Gasteiger partial charge in [-0.15, -0.1) is 0 Å². The summed E-state index contributed by atoms with van der Waals surface area (Å²) < 4.78 is 0. The number of fused-ring (bicyclic) bond motifs is 3. The lowest BCUT2D eigenvalue weighted by molar-refractivity contribution is -0.305. The van der Waals surface area contributed by atoms with E-state index in [1.165, 1.54) is 11.1 Å². The molecule has 0 radical (unpaired) electrons. The largest absolute Gasteiger partial charge is 0.550 e. The number of carbonyl (C=O) groups excluding carboxylic acids is 2. The van der Waals surface area contributed by atoms with Crippen molar-refractivity contribution in [3.8, 4) is 0 Å². The molecule has 1 aliphatic heterocycles. The van der Waals surface area contributed by atoms with Crippen LogP contribution in [0.1, 0.15) is 51.8 Å². The van der Waals surface area contributed by atoms with Gasteiger partial charge >= 0.3 is 0 Å². The third-order valence-corrected chi connectivity index (χ3v) is 5.76. The Morgan fingerprint density at radius 1 is 1.18 bits per heavy atom. The molecular formula is C23H23N2O3-. The molecule has 2 aromatic rings. The average molecular weight is 375 g/mol. The van der Waals surface area contributed by atoms with E-state index in [0.717, 1.165) is 17.7 Å². The Hall–Kier alpha value is -3.08. The summed E-state index contributed by atoms with van der Waals surface area (Å²) in [5.41, 5.74) is 5.31. The van der Waals surface area contributed by atoms with E-state index in [-0.39, 0.29) is 30.8 Å². The molecule has 0 aromatic heterocycles. The summed E-state index contributed by atoms with van der Waals surface area (Å²) in [4.78, 5) is 22.9. The van der Waals surface area contributed by atoms with E-state index >= 15 is 0 Å². The Labute approximate surface area is 164 Å². The Kier molecular flexibility index (Phi) is 4.90. The Morgan fingerprint density at radius 3 is 2.79 bits per heavy atom. The first-order valence-electron chi connectivity index (χ1n) is 9.65. The number of carboxylic acids is 1. The fourth-order valence-electron chi connectivity index (χ4n) is 4.36. The topological polar surface area (TPSA) is 81.3 Å². The number of carbonyl (C=O) groups is 2. The van der Waals surface area contributed by atoms with E-state index in [0.29, 0.717) is 11.5 Å². The van der Waals surface area contributed by atoms with Crippen LogP contribution in [-0.2, 0) is 4.79 Å². The van der Waals surface area contributed by atoms with E-state index in [4.69, 9.17) is 0 Å². The number of benzene rings is 2. The van der Waals surface area contributed by atoms with Crippen molar-refractivity contribution >= 4 is 17.6 Å². The quantitative estimate of drug-likeness (QED) is 0.788. The van der Waals surface area contributed by atoms with E-state index in [2.05, 4.69) is 54.0 Å². The van der Waals surface area contributed by atoms with E-state index in [1.807, 2.05) is 12.1 Å². The molecule has 0 spiro atoms. The highest BCUT2D eigenvalue weighted by molar-refractivity contribution is 5.95. The second kappa shape index (κ2) is 7.50. The third kappa shape index (κ3) is 3.40. The number of amides is 1. The van der Waals surface area contributed by atoms with Gasteiger partial charge in [-0.25, -0.2) is 0 Å². The van der Waals surface area contributed by atoms with Crippen LogP contribution in [0.15, 0.2) is 54.6 Å². The lowest BCUT2D eigenvalue weighted by Crippen LogP contribution is -2.32. The summed E-state index contributed by atoms with van der Waals surface area (Å²) in [5.74, 6) is -0.762. The summed E-state index contributed by atoms with van der Waals surface area (Å²) in [6.07, 6.45) is 5.28. The molecule has 2 aliphatic rings. The molecule has 0 saturated carbocycles. The highest BCUT2D eigenvalue weighted by Crippen LogP contribution is 2.50. The number of nitrogens with one attached hydrogen (secondary N) is 2. The van der Waals surface area contributed by atoms with Crippen LogP contribution in [0.25, 0.3) is 0 Å². The van der Waals surface area contributed by atoms with Crippen molar-refractivity contribution in [2.75, 3.05) is 11.9 Å². The fraction of sp³-hybridized carbons (Fsp3) is 0.304. The monoisotopic (exact) mass is 375 g/mol. The molecule has 2 N–H and O–H groups in total. The van der Waals surface area contributed by atoms with Crippen molar-refractivity contribution < 1.29 is 14.7 Å². The van der Waals surface area contributed by atoms with Crippen LogP contribution in [0.3, 0.4) is 0 Å². The highest BCUT2D eigenvalue weighted by atomic mass is 16.4. The van der Waals surface area contributed by atoms with Crippen LogP contribution in [0.5, 0.6) is 0 Å². The number of rotatable bonds is 5. The van der Waals surface area contributed by atoms with Crippen LogP contribution in [-0.4, -0.2) is 18.4 Å². The molecule has 0 bridgehead atoms. The van der Waals surface area contributed by atoms with Crippen molar-refractivity contribution in [2.24, 2.45) is 5.92 Å². The number of hydrogen-bond donors (Lipinski definition) is 2. The molecule has 0 unspecified atom stereocenters. The first kappa shape index (κ1) is 18.3. The van der Waals surface area contributed by atoms with Crippen molar-refractivity contribution in [1.82, 2.24) is 5.32 Å². The fourth-order valence-corrected chi connectivity index (χ4v) is 4.36. The van der Waals surface area contributed by atoms with Crippen molar-refractivity contribution in [3.05, 3.63) is 76.9 Å². The zero-order chi connectivity index (χ0) is 19.7. The van der Waals surface area contributed by atoms with Gasteiger partial charge in [0.1, 0.15) is 0 Å². The Bertz CT molecular complexity index is 951. The summed E-state index contributed by atoms with van der Waals surface area (Å²) >= 11 is 0. The SMILES string of the molecule is Cc1ccccc1[C@@H]1Nc2ccc(C(=O)NCCC(=O)[O-])cc2[C@H]2C=CC[C@H]21. The Morgan fingerprint density at radius 2 is 2.00 bits per heavy atom. The van der Waals surface area contributed by atoms with E-state index < -0.39 is 5.97 Å². The maximum atomic E-state index is 12.4. The first-order chi connectivity index (χ1) is 13.5. The van der Waals surface area contributed by atoms with Crippen molar-refractivity contribution in [3.63, 3.8) is 0 Å². The van der Waals surface area contributed by atoms with Gasteiger partial charge < -0.3 is 20.5 Å². The van der Waals surface area contributed by atoms with E-state index in [9.17, 15) is 14.7 Å². The predicted molar refractivity (Wildman–Crippen MR) is 106 cm³/mol. The van der Waals surface area contributed by atoms with Gasteiger partial charge in [0.25, 0.3) is 5.91 Å². The molecule has 1 amide bonds. The first-order valence-corrected chi connectivity index (χ1v) is 9.65. The van der Waals surface area contributed by atoms with E-state index in [1.54, 1.807) is 6.07 Å². The summed E-state index contributed by atoms with van der Waals surface area (Å²) in [6, 6.07) is 14.4. The minimum Gasteiger partial charge on any atom is -0.550 e. The smallest absolute Gasteiger partial charge is 0.251 e. The molecule has 28 heavy (non-hydrogen) atoms. The molecular weight excluding hydrogens is 352 g/mol. The predicted octanol–water partition coefficient (Wildman–Crippen LogP) is 2.69. The molecule has 3 atom stereocenters. The maximum absolute atomic E-state index is 12.4. The molecule has 4 rings (SSSR count). The average Bonchev–Trinajstić information content (AvgIpc) is 3.17. The zero-order valence-corrected chi connectivity index (χ0v) is 15.8. The van der Waals surface area contributed by atoms with Crippen LogP contribution >= 0.6 is 0 Å². The Balaban J connectivity index is 1.61. The normalized spacial score (nSPS) is 22.1. The van der Waals surface area contributed by atoms with Gasteiger partial charge in [-0.05, 0) is 54.2 Å². The summed E-state index contributed by atoms with van der Waals surface area (Å²) in [6.45, 7) is 2.21. The number of anilines is 1. The van der Waals surface area contributed by atoms with Gasteiger partial charge in [-0.2, -0.15) is 0 Å². The number of carboxylic acid groups (broad SMARTS) is 1. The third-order valence-electron chi connectivity index (χ3n) is 5.76. The van der Waals surface area contributed by atoms with Gasteiger partial charge in [0.2, 0.25) is 0 Å². The van der Waals surface area contributed by atoms with Crippen LogP contribution < -0.4 is 15.7 Å². The number of aryl methyl sites for hydroxylation is 1. The van der Waals surface area contributed by atoms with Crippen LogP contribution in [0.4, 0.5) is 5.69 Å². The molecule has 0 saturated heterocycles. The summed E-state index contributed by atoms with van der Waals surface area (Å²) in [7, 11) is 0. The summed E-state index contributed by atoms with van der Waals surface area (Å²) in [5, 5.41) is 16.9. The van der Waals surface area contributed by atoms with Crippen molar-refractivity contribution in [1.29, 1.82) is 0 Å². The van der Waals surface area contributed by atoms with Gasteiger partial charge in [-0.3, -0.25) is 4.79 Å². The number of allylic oxidation sites excluding steroid dienone is 2. The standard InChI is InChI=1S/C23H24N2O3/c1-14-5-2-3-6-16(14)22-18-8-4-7-17(18)19-13-15(9-10-20(19)25-22)23(28)24-12-11-21(26)27/h2-7,9-10,13,17-18,22,25H,8,11-12H2,1H3,(H,24,28)(H,26,27)/p-1/t17-,18+,22-/m0/s1. The molecule has 1 aliphatic carbocycles. The molecule has 5 nitrogen and oxygen atoms in total. The number of hydrogen-bond acceptors (Lipinski definition) is 4. The maximum Gasteiger partial charge on any atom is 0.251 e. The van der Waals surface area contributed by atoms with Crippen LogP contribution in [0.2, 0.25) is 0 Å². The lowest BCUT2D eigenvalue weighted by Gasteiger charge is -2.38. The molecule has 5 heteroatoms. The molecule has 0 fully saturated rings. The minimum atomic E-state index is -1.17. The van der Waals surface area contributed by atoms with Gasteiger partial charge in [0, 0.05) is 36.1 Å². The van der Waals surface area contributed by atoms with Crippen molar-refractivity contribution in [2.45, 2.75) is 31.7 Å². The van der Waals surface area contributed by atoms with Crippen LogP contribution in [0, 0.1) is 12.8 Å². The molecule has 1 heterocycles.